The standard InChI is InChI=1S/C21H16Cl2F3N3O2S/c22-14-5-6-15(16(23)11-14)17-18(12-1-3-13(4-2-12)21(24,25)26)32-20(27-17)19(30)28-29-7-9-31-10-8-29/h1-6,11H,7-10H2,(H,28,30). The van der Waals surface area contributed by atoms with Crippen LogP contribution < -0.4 is 5.43 Å². The largest absolute Gasteiger partial charge is 0.416 e. The molecule has 0 saturated carbocycles. The Balaban J connectivity index is 1.74. The predicted octanol–water partition coefficient (Wildman–Crippen LogP) is 5.78. The van der Waals surface area contributed by atoms with Crippen LogP contribution >= 0.6 is 34.5 Å². The number of nitrogens with one attached hydrogen (secondary N) is 1. The van der Waals surface area contributed by atoms with Crippen molar-refractivity contribution in [1.29, 1.82) is 0 Å². The number of aromatic nitrogens is 1. The molecule has 1 fully saturated rings. The molecule has 1 N–H and O–H groups in total. The van der Waals surface area contributed by atoms with Crippen LogP contribution in [0.25, 0.3) is 21.7 Å². The van der Waals surface area contributed by atoms with E-state index in [9.17, 15) is 18.0 Å². The average Bonchev–Trinajstić information content (AvgIpc) is 3.19. The highest BCUT2D eigenvalue weighted by molar-refractivity contribution is 7.17. The Kier molecular flexibility index (Phi) is 6.73. The SMILES string of the molecule is O=C(NN1CCOCC1)c1nc(-c2ccc(Cl)cc2Cl)c(-c2ccc(C(F)(F)F)cc2)s1. The average molecular weight is 502 g/mol. The zero-order chi connectivity index (χ0) is 22.9. The van der Waals surface area contributed by atoms with Crippen LogP contribution in [0.5, 0.6) is 0 Å². The van der Waals surface area contributed by atoms with Crippen molar-refractivity contribution in [3.05, 3.63) is 63.1 Å². The van der Waals surface area contributed by atoms with E-state index in [-0.39, 0.29) is 5.01 Å². The second-order valence-corrected chi connectivity index (χ2v) is 8.78. The van der Waals surface area contributed by atoms with Crippen molar-refractivity contribution in [1.82, 2.24) is 15.4 Å². The van der Waals surface area contributed by atoms with Gasteiger partial charge in [0.1, 0.15) is 0 Å². The van der Waals surface area contributed by atoms with Crippen LogP contribution in [0.3, 0.4) is 0 Å². The van der Waals surface area contributed by atoms with E-state index in [1.807, 2.05) is 0 Å². The third-order valence-corrected chi connectivity index (χ3v) is 6.40. The van der Waals surface area contributed by atoms with E-state index in [1.54, 1.807) is 23.2 Å². The molecule has 3 aromatic rings. The monoisotopic (exact) mass is 501 g/mol. The first-order valence-electron chi connectivity index (χ1n) is 9.50. The Labute approximate surface area is 195 Å². The lowest BCUT2D eigenvalue weighted by atomic mass is 10.1. The molecule has 4 rings (SSSR count). The van der Waals surface area contributed by atoms with Gasteiger partial charge < -0.3 is 4.74 Å². The van der Waals surface area contributed by atoms with Crippen LogP contribution in [-0.2, 0) is 10.9 Å². The van der Waals surface area contributed by atoms with Crippen molar-refractivity contribution < 1.29 is 22.7 Å². The van der Waals surface area contributed by atoms with Crippen molar-refractivity contribution in [3.63, 3.8) is 0 Å². The maximum absolute atomic E-state index is 13.0. The van der Waals surface area contributed by atoms with Crippen molar-refractivity contribution >= 4 is 40.4 Å². The molecule has 2 aromatic carbocycles. The molecule has 1 aromatic heterocycles. The molecule has 1 aliphatic rings. The number of nitrogens with zero attached hydrogens (tertiary/aromatic N) is 2. The third kappa shape index (κ3) is 5.07. The first-order valence-corrected chi connectivity index (χ1v) is 11.1. The van der Waals surface area contributed by atoms with Crippen molar-refractivity contribution in [2.45, 2.75) is 6.18 Å². The number of rotatable bonds is 4. The molecule has 2 heterocycles. The van der Waals surface area contributed by atoms with Gasteiger partial charge in [-0.05, 0) is 35.9 Å². The quantitative estimate of drug-likeness (QED) is 0.492. The summed E-state index contributed by atoms with van der Waals surface area (Å²) in [6.07, 6.45) is -4.45. The van der Waals surface area contributed by atoms with E-state index < -0.39 is 17.6 Å². The van der Waals surface area contributed by atoms with E-state index in [2.05, 4.69) is 10.4 Å². The van der Waals surface area contributed by atoms with Gasteiger partial charge in [-0.3, -0.25) is 10.2 Å². The summed E-state index contributed by atoms with van der Waals surface area (Å²) in [5.41, 5.74) is 3.43. The molecule has 11 heteroatoms. The van der Waals surface area contributed by atoms with Crippen LogP contribution in [-0.4, -0.2) is 42.2 Å². The van der Waals surface area contributed by atoms with Gasteiger partial charge >= 0.3 is 6.18 Å². The number of hydrogen-bond acceptors (Lipinski definition) is 5. The predicted molar refractivity (Wildman–Crippen MR) is 118 cm³/mol. The Morgan fingerprint density at radius 2 is 1.78 bits per heavy atom. The van der Waals surface area contributed by atoms with Crippen molar-refractivity contribution in [2.75, 3.05) is 26.3 Å². The maximum Gasteiger partial charge on any atom is 0.416 e. The molecule has 1 amide bonds. The summed E-state index contributed by atoms with van der Waals surface area (Å²) in [5.74, 6) is -0.415. The molecule has 168 valence electrons. The first-order chi connectivity index (χ1) is 15.2. The molecule has 5 nitrogen and oxygen atoms in total. The van der Waals surface area contributed by atoms with Gasteiger partial charge in [-0.1, -0.05) is 35.3 Å². The highest BCUT2D eigenvalue weighted by Crippen LogP contribution is 2.41. The zero-order valence-corrected chi connectivity index (χ0v) is 18.7. The topological polar surface area (TPSA) is 54.5 Å². The lowest BCUT2D eigenvalue weighted by Crippen LogP contribution is -2.48. The first kappa shape index (κ1) is 23.0. The number of amides is 1. The number of morpholine rings is 1. The summed E-state index contributed by atoms with van der Waals surface area (Å²) in [6, 6.07) is 9.54. The van der Waals surface area contributed by atoms with E-state index in [0.717, 1.165) is 23.5 Å². The fourth-order valence-electron chi connectivity index (χ4n) is 3.15. The fourth-order valence-corrected chi connectivity index (χ4v) is 4.63. The van der Waals surface area contributed by atoms with Gasteiger partial charge in [0, 0.05) is 23.7 Å². The summed E-state index contributed by atoms with van der Waals surface area (Å²) < 4.78 is 44.2. The minimum absolute atomic E-state index is 0.160. The van der Waals surface area contributed by atoms with Gasteiger partial charge in [0.05, 0.1) is 34.4 Å². The van der Waals surface area contributed by atoms with E-state index in [0.29, 0.717) is 58.0 Å². The molecule has 0 bridgehead atoms. The zero-order valence-electron chi connectivity index (χ0n) is 16.4. The van der Waals surface area contributed by atoms with Crippen LogP contribution in [0.2, 0.25) is 10.0 Å². The number of ether oxygens (including phenoxy) is 1. The number of alkyl halides is 3. The third-order valence-electron chi connectivity index (χ3n) is 4.75. The number of halogens is 5. The molecule has 1 aliphatic heterocycles. The molecule has 0 atom stereocenters. The minimum Gasteiger partial charge on any atom is -0.379 e. The van der Waals surface area contributed by atoms with Gasteiger partial charge in [-0.15, -0.1) is 11.3 Å². The van der Waals surface area contributed by atoms with Gasteiger partial charge in [0.2, 0.25) is 0 Å². The van der Waals surface area contributed by atoms with Gasteiger partial charge in [-0.25, -0.2) is 9.99 Å². The highest BCUT2D eigenvalue weighted by atomic mass is 35.5. The molecule has 0 aliphatic carbocycles. The normalized spacial score (nSPS) is 15.0. The van der Waals surface area contributed by atoms with E-state index in [1.165, 1.54) is 12.1 Å². The lowest BCUT2D eigenvalue weighted by molar-refractivity contribution is -0.137. The minimum atomic E-state index is -4.45. The summed E-state index contributed by atoms with van der Waals surface area (Å²) in [4.78, 5) is 17.8. The summed E-state index contributed by atoms with van der Waals surface area (Å²) >= 11 is 13.4. The molecule has 1 saturated heterocycles. The smallest absolute Gasteiger partial charge is 0.379 e. The Bertz CT molecular complexity index is 1130. The number of benzene rings is 2. The molecule has 32 heavy (non-hydrogen) atoms. The summed E-state index contributed by atoms with van der Waals surface area (Å²) in [6.45, 7) is 2.08. The van der Waals surface area contributed by atoms with Crippen LogP contribution in [0, 0.1) is 0 Å². The van der Waals surface area contributed by atoms with Gasteiger partial charge in [0.15, 0.2) is 5.01 Å². The van der Waals surface area contributed by atoms with Crippen LogP contribution in [0.4, 0.5) is 13.2 Å². The summed E-state index contributed by atoms with van der Waals surface area (Å²) in [5, 5.41) is 2.64. The number of carbonyl (C=O) groups excluding carboxylic acids is 1. The number of thiazole rings is 1. The second-order valence-electron chi connectivity index (χ2n) is 6.94. The molecule has 0 radical (unpaired) electrons. The Hall–Kier alpha value is -2.17. The van der Waals surface area contributed by atoms with Crippen LogP contribution in [0.15, 0.2) is 42.5 Å². The number of hydrogen-bond donors (Lipinski definition) is 1. The van der Waals surface area contributed by atoms with E-state index >= 15 is 0 Å². The van der Waals surface area contributed by atoms with Gasteiger partial charge in [0.25, 0.3) is 5.91 Å². The Morgan fingerprint density at radius 3 is 2.41 bits per heavy atom. The second kappa shape index (κ2) is 9.36. The van der Waals surface area contributed by atoms with Crippen molar-refractivity contribution in [2.24, 2.45) is 0 Å². The Morgan fingerprint density at radius 1 is 1.09 bits per heavy atom. The molecule has 0 unspecified atom stereocenters. The lowest BCUT2D eigenvalue weighted by Gasteiger charge is -2.26. The van der Waals surface area contributed by atoms with Gasteiger partial charge in [-0.2, -0.15) is 13.2 Å². The number of hydrazine groups is 1. The molecule has 0 spiro atoms. The van der Waals surface area contributed by atoms with Crippen LogP contribution in [0.1, 0.15) is 15.4 Å². The van der Waals surface area contributed by atoms with Crippen molar-refractivity contribution in [3.8, 4) is 21.7 Å². The highest BCUT2D eigenvalue weighted by Gasteiger charge is 2.30. The van der Waals surface area contributed by atoms with E-state index in [4.69, 9.17) is 27.9 Å². The molecular weight excluding hydrogens is 486 g/mol. The number of carbonyl (C=O) groups is 1. The fraction of sp³-hybridized carbons (Fsp3) is 0.238. The maximum atomic E-state index is 13.0. The summed E-state index contributed by atoms with van der Waals surface area (Å²) in [7, 11) is 0. The molecular formula is C21H16Cl2F3N3O2S.